The summed E-state index contributed by atoms with van der Waals surface area (Å²) in [6.07, 6.45) is 4.13. The summed E-state index contributed by atoms with van der Waals surface area (Å²) in [7, 11) is 0. The quantitative estimate of drug-likeness (QED) is 0.873. The SMILES string of the molecule is CCn1cc([C@H]2OCC[C@@H]2NC(=O)c2cccc(C(=O)O)c2)cn1. The van der Waals surface area contributed by atoms with Gasteiger partial charge in [0, 0.05) is 30.5 Å². The van der Waals surface area contributed by atoms with Crippen LogP contribution in [0, 0.1) is 0 Å². The number of carboxylic acid groups (broad SMARTS) is 1. The highest BCUT2D eigenvalue weighted by Gasteiger charge is 2.32. The van der Waals surface area contributed by atoms with Crippen LogP contribution in [0.25, 0.3) is 0 Å². The molecule has 0 aliphatic carbocycles. The van der Waals surface area contributed by atoms with Gasteiger partial charge in [-0.25, -0.2) is 4.79 Å². The largest absolute Gasteiger partial charge is 0.478 e. The summed E-state index contributed by atoms with van der Waals surface area (Å²) in [6.45, 7) is 3.33. The van der Waals surface area contributed by atoms with Crippen molar-refractivity contribution in [2.45, 2.75) is 32.0 Å². The molecule has 1 fully saturated rings. The number of aromatic nitrogens is 2. The Labute approximate surface area is 139 Å². The van der Waals surface area contributed by atoms with Crippen molar-refractivity contribution in [3.8, 4) is 0 Å². The zero-order valence-corrected chi connectivity index (χ0v) is 13.3. The highest BCUT2D eigenvalue weighted by molar-refractivity contribution is 5.97. The van der Waals surface area contributed by atoms with Gasteiger partial charge >= 0.3 is 5.97 Å². The van der Waals surface area contributed by atoms with Crippen molar-refractivity contribution >= 4 is 11.9 Å². The van der Waals surface area contributed by atoms with E-state index in [0.29, 0.717) is 18.6 Å². The van der Waals surface area contributed by atoms with Crippen molar-refractivity contribution in [1.29, 1.82) is 0 Å². The van der Waals surface area contributed by atoms with Gasteiger partial charge in [-0.3, -0.25) is 9.48 Å². The molecule has 126 valence electrons. The number of aromatic carboxylic acids is 1. The molecule has 2 aromatic rings. The number of aryl methyl sites for hydroxylation is 1. The number of carbonyl (C=O) groups is 2. The molecule has 0 spiro atoms. The second-order valence-corrected chi connectivity index (χ2v) is 5.68. The van der Waals surface area contributed by atoms with Gasteiger partial charge in [-0.1, -0.05) is 6.07 Å². The second kappa shape index (κ2) is 6.84. The Morgan fingerprint density at radius 2 is 2.21 bits per heavy atom. The van der Waals surface area contributed by atoms with Gasteiger partial charge < -0.3 is 15.2 Å². The van der Waals surface area contributed by atoms with Crippen molar-refractivity contribution in [3.63, 3.8) is 0 Å². The maximum absolute atomic E-state index is 12.4. The van der Waals surface area contributed by atoms with Crippen molar-refractivity contribution < 1.29 is 19.4 Å². The van der Waals surface area contributed by atoms with E-state index in [0.717, 1.165) is 12.1 Å². The van der Waals surface area contributed by atoms with Crippen LogP contribution in [0.3, 0.4) is 0 Å². The molecule has 1 amide bonds. The molecule has 24 heavy (non-hydrogen) atoms. The van der Waals surface area contributed by atoms with E-state index in [9.17, 15) is 9.59 Å². The van der Waals surface area contributed by atoms with E-state index in [2.05, 4.69) is 10.4 Å². The minimum atomic E-state index is -1.06. The number of amides is 1. The molecule has 0 unspecified atom stereocenters. The van der Waals surface area contributed by atoms with E-state index in [-0.39, 0.29) is 23.6 Å². The summed E-state index contributed by atoms with van der Waals surface area (Å²) in [5.74, 6) is -1.36. The maximum Gasteiger partial charge on any atom is 0.335 e. The van der Waals surface area contributed by atoms with Crippen molar-refractivity contribution in [3.05, 3.63) is 53.3 Å². The monoisotopic (exact) mass is 329 g/mol. The minimum Gasteiger partial charge on any atom is -0.478 e. The second-order valence-electron chi connectivity index (χ2n) is 5.68. The van der Waals surface area contributed by atoms with E-state index < -0.39 is 5.97 Å². The summed E-state index contributed by atoms with van der Waals surface area (Å²) >= 11 is 0. The Kier molecular flexibility index (Phi) is 4.61. The molecule has 2 heterocycles. The molecule has 7 nitrogen and oxygen atoms in total. The zero-order valence-electron chi connectivity index (χ0n) is 13.3. The van der Waals surface area contributed by atoms with Gasteiger partial charge in [0.25, 0.3) is 5.91 Å². The lowest BCUT2D eigenvalue weighted by atomic mass is 10.0. The van der Waals surface area contributed by atoms with E-state index in [4.69, 9.17) is 9.84 Å². The van der Waals surface area contributed by atoms with Crippen LogP contribution in [-0.2, 0) is 11.3 Å². The van der Waals surface area contributed by atoms with Crippen LogP contribution in [0.1, 0.15) is 45.7 Å². The van der Waals surface area contributed by atoms with Crippen LogP contribution in [0.15, 0.2) is 36.7 Å². The fraction of sp³-hybridized carbons (Fsp3) is 0.353. The number of hydrogen-bond donors (Lipinski definition) is 2. The number of carbonyl (C=O) groups excluding carboxylic acids is 1. The summed E-state index contributed by atoms with van der Waals surface area (Å²) in [4.78, 5) is 23.5. The molecule has 1 saturated heterocycles. The zero-order chi connectivity index (χ0) is 17.1. The van der Waals surface area contributed by atoms with Crippen LogP contribution >= 0.6 is 0 Å². The molecule has 1 aromatic heterocycles. The Morgan fingerprint density at radius 3 is 2.92 bits per heavy atom. The highest BCUT2D eigenvalue weighted by atomic mass is 16.5. The molecule has 2 N–H and O–H groups in total. The van der Waals surface area contributed by atoms with Crippen molar-refractivity contribution in [1.82, 2.24) is 15.1 Å². The van der Waals surface area contributed by atoms with E-state index >= 15 is 0 Å². The Morgan fingerprint density at radius 1 is 1.42 bits per heavy atom. The fourth-order valence-electron chi connectivity index (χ4n) is 2.81. The van der Waals surface area contributed by atoms with Crippen LogP contribution < -0.4 is 5.32 Å². The predicted molar refractivity (Wildman–Crippen MR) is 85.9 cm³/mol. The molecule has 0 radical (unpaired) electrons. The average molecular weight is 329 g/mol. The molecule has 1 aliphatic rings. The summed E-state index contributed by atoms with van der Waals surface area (Å²) in [5.41, 5.74) is 1.34. The molecule has 1 aromatic carbocycles. The van der Waals surface area contributed by atoms with Gasteiger partial charge in [-0.2, -0.15) is 5.10 Å². The van der Waals surface area contributed by atoms with Gasteiger partial charge in [0.1, 0.15) is 6.10 Å². The molecular weight excluding hydrogens is 310 g/mol. The first-order valence-corrected chi connectivity index (χ1v) is 7.86. The van der Waals surface area contributed by atoms with Gasteiger partial charge in [0.05, 0.1) is 17.8 Å². The predicted octanol–water partition coefficient (Wildman–Crippen LogP) is 1.86. The summed E-state index contributed by atoms with van der Waals surface area (Å²) in [6, 6.07) is 5.83. The van der Waals surface area contributed by atoms with Crippen LogP contribution in [0.4, 0.5) is 0 Å². The van der Waals surface area contributed by atoms with Crippen molar-refractivity contribution in [2.75, 3.05) is 6.61 Å². The topological polar surface area (TPSA) is 93.5 Å². The van der Waals surface area contributed by atoms with E-state index in [1.54, 1.807) is 18.3 Å². The first-order valence-electron chi connectivity index (χ1n) is 7.86. The Balaban J connectivity index is 1.73. The Hall–Kier alpha value is -2.67. The first kappa shape index (κ1) is 16.2. The van der Waals surface area contributed by atoms with Crippen LogP contribution in [0.5, 0.6) is 0 Å². The first-order chi connectivity index (χ1) is 11.6. The lowest BCUT2D eigenvalue weighted by Gasteiger charge is -2.19. The number of benzene rings is 1. The molecule has 0 bridgehead atoms. The van der Waals surface area contributed by atoms with E-state index in [1.165, 1.54) is 12.1 Å². The van der Waals surface area contributed by atoms with Gasteiger partial charge in [0.2, 0.25) is 0 Å². The Bertz CT molecular complexity index is 756. The molecule has 2 atom stereocenters. The number of carboxylic acids is 1. The summed E-state index contributed by atoms with van der Waals surface area (Å²) < 4.78 is 7.56. The van der Waals surface area contributed by atoms with E-state index in [1.807, 2.05) is 17.8 Å². The maximum atomic E-state index is 12.4. The van der Waals surface area contributed by atoms with Gasteiger partial charge in [0.15, 0.2) is 0 Å². The molecule has 3 rings (SSSR count). The molecular formula is C17H19N3O4. The third-order valence-electron chi connectivity index (χ3n) is 4.09. The number of rotatable bonds is 5. The lowest BCUT2D eigenvalue weighted by Crippen LogP contribution is -2.36. The van der Waals surface area contributed by atoms with Crippen LogP contribution in [0.2, 0.25) is 0 Å². The standard InChI is InChI=1S/C17H19N3O4/c1-2-20-10-13(9-18-20)15-14(6-7-24-15)19-16(21)11-4-3-5-12(8-11)17(22)23/h3-5,8-10,14-15H,2,6-7H2,1H3,(H,19,21)(H,22,23)/t14-,15+/m0/s1. The lowest BCUT2D eigenvalue weighted by molar-refractivity contribution is 0.0697. The molecule has 0 saturated carbocycles. The fourth-order valence-corrected chi connectivity index (χ4v) is 2.81. The molecule has 1 aliphatic heterocycles. The number of hydrogen-bond acceptors (Lipinski definition) is 4. The van der Waals surface area contributed by atoms with Crippen molar-refractivity contribution in [2.24, 2.45) is 0 Å². The summed E-state index contributed by atoms with van der Waals surface area (Å²) in [5, 5.41) is 16.2. The minimum absolute atomic E-state index is 0.0890. The van der Waals surface area contributed by atoms with Crippen LogP contribution in [-0.4, -0.2) is 39.4 Å². The number of nitrogens with one attached hydrogen (secondary N) is 1. The smallest absolute Gasteiger partial charge is 0.335 e. The van der Waals surface area contributed by atoms with Gasteiger partial charge in [-0.05, 0) is 31.5 Å². The third-order valence-corrected chi connectivity index (χ3v) is 4.09. The van der Waals surface area contributed by atoms with Gasteiger partial charge in [-0.15, -0.1) is 0 Å². The molecule has 7 heteroatoms. The number of ether oxygens (including phenoxy) is 1. The highest BCUT2D eigenvalue weighted by Crippen LogP contribution is 2.29. The average Bonchev–Trinajstić information content (AvgIpc) is 3.23. The number of nitrogens with zero attached hydrogens (tertiary/aromatic N) is 2. The normalized spacial score (nSPS) is 20.0. The third kappa shape index (κ3) is 3.30.